The number of nitriles is 1. The zero-order chi connectivity index (χ0) is 22.4. The van der Waals surface area contributed by atoms with Crippen molar-refractivity contribution in [3.8, 4) is 29.1 Å². The minimum Gasteiger partial charge on any atom is -0.497 e. The van der Waals surface area contributed by atoms with Crippen molar-refractivity contribution in [2.75, 3.05) is 39.5 Å². The number of pyridine rings is 1. The first-order valence-corrected chi connectivity index (χ1v) is 10.1. The summed E-state index contributed by atoms with van der Waals surface area (Å²) in [5.74, 6) is 2.00. The van der Waals surface area contributed by atoms with Crippen LogP contribution in [0.4, 0.5) is 5.69 Å². The fraction of sp³-hybridized carbons (Fsp3) is 0.227. The van der Waals surface area contributed by atoms with Crippen LogP contribution in [0.5, 0.6) is 23.0 Å². The van der Waals surface area contributed by atoms with E-state index in [1.807, 2.05) is 0 Å². The summed E-state index contributed by atoms with van der Waals surface area (Å²) in [4.78, 5) is 17.0. The number of nitrogens with one attached hydrogen (secondary N) is 1. The van der Waals surface area contributed by atoms with E-state index in [0.29, 0.717) is 44.8 Å². The number of hydrogen-bond acceptors (Lipinski definition) is 8. The maximum Gasteiger partial charge on any atom is 0.234 e. The van der Waals surface area contributed by atoms with Gasteiger partial charge >= 0.3 is 0 Å². The molecular formula is C22H21N3O5S. The first-order chi connectivity index (χ1) is 15.0. The van der Waals surface area contributed by atoms with Crippen molar-refractivity contribution in [1.29, 1.82) is 5.26 Å². The first-order valence-electron chi connectivity index (χ1n) is 9.14. The number of rotatable bonds is 8. The Balaban J connectivity index is 1.80. The second-order valence-corrected chi connectivity index (χ2v) is 7.22. The largest absolute Gasteiger partial charge is 0.497 e. The highest BCUT2D eigenvalue weighted by atomic mass is 32.2. The van der Waals surface area contributed by atoms with E-state index in [4.69, 9.17) is 18.9 Å². The van der Waals surface area contributed by atoms with E-state index in [9.17, 15) is 10.1 Å². The number of hydrogen-bond donors (Lipinski definition) is 1. The highest BCUT2D eigenvalue weighted by molar-refractivity contribution is 8.00. The van der Waals surface area contributed by atoms with Gasteiger partial charge in [0.25, 0.3) is 0 Å². The van der Waals surface area contributed by atoms with Gasteiger partial charge in [-0.25, -0.2) is 4.98 Å². The van der Waals surface area contributed by atoms with Gasteiger partial charge in [0, 0.05) is 17.5 Å². The van der Waals surface area contributed by atoms with Gasteiger partial charge in [-0.1, -0.05) is 11.8 Å². The van der Waals surface area contributed by atoms with E-state index in [1.54, 1.807) is 57.7 Å². The Morgan fingerprint density at radius 1 is 1.00 bits per heavy atom. The summed E-state index contributed by atoms with van der Waals surface area (Å²) in [6, 6.07) is 12.5. The van der Waals surface area contributed by atoms with Crippen LogP contribution in [0.1, 0.15) is 5.56 Å². The molecule has 0 saturated carbocycles. The van der Waals surface area contributed by atoms with E-state index in [1.165, 1.54) is 18.9 Å². The molecule has 0 saturated heterocycles. The summed E-state index contributed by atoms with van der Waals surface area (Å²) in [6.45, 7) is 0. The van der Waals surface area contributed by atoms with E-state index < -0.39 is 0 Å². The normalized spacial score (nSPS) is 10.3. The Hall–Kier alpha value is -3.64. The lowest BCUT2D eigenvalue weighted by Gasteiger charge is -2.12. The number of ether oxygens (including phenoxy) is 4. The molecule has 1 N–H and O–H groups in total. The van der Waals surface area contributed by atoms with Crippen LogP contribution < -0.4 is 24.3 Å². The van der Waals surface area contributed by atoms with Crippen LogP contribution in [0.2, 0.25) is 0 Å². The fourth-order valence-electron chi connectivity index (χ4n) is 2.90. The molecule has 3 aromatic rings. The summed E-state index contributed by atoms with van der Waals surface area (Å²) in [5.41, 5.74) is 1.54. The summed E-state index contributed by atoms with van der Waals surface area (Å²) >= 11 is 1.18. The second-order valence-electron chi connectivity index (χ2n) is 6.26. The first kappa shape index (κ1) is 22.1. The number of anilines is 1. The third-order valence-electron chi connectivity index (χ3n) is 4.43. The van der Waals surface area contributed by atoms with Gasteiger partial charge in [0.05, 0.1) is 51.0 Å². The monoisotopic (exact) mass is 439 g/mol. The van der Waals surface area contributed by atoms with E-state index >= 15 is 0 Å². The zero-order valence-corrected chi connectivity index (χ0v) is 18.3. The topological polar surface area (TPSA) is 103 Å². The molecule has 9 heteroatoms. The van der Waals surface area contributed by atoms with E-state index in [2.05, 4.69) is 16.4 Å². The number of carbonyl (C=O) groups is 1. The SMILES string of the molecule is COc1ccc(NC(=O)CSc2nc3cc(OC)c(OC)cc3cc2C#N)c(OC)c1. The Bertz CT molecular complexity index is 1160. The minimum absolute atomic E-state index is 0.0651. The number of nitrogens with zero attached hydrogens (tertiary/aromatic N) is 2. The summed E-state index contributed by atoms with van der Waals surface area (Å²) in [7, 11) is 6.16. The number of carbonyl (C=O) groups excluding carboxylic acids is 1. The van der Waals surface area contributed by atoms with Gasteiger partial charge in [-0.05, 0) is 24.3 Å². The molecular weight excluding hydrogens is 418 g/mol. The highest BCUT2D eigenvalue weighted by Crippen LogP contribution is 2.34. The highest BCUT2D eigenvalue weighted by Gasteiger charge is 2.14. The van der Waals surface area contributed by atoms with Crippen LogP contribution in [-0.4, -0.2) is 45.1 Å². The number of methoxy groups -OCH3 is 4. The smallest absolute Gasteiger partial charge is 0.234 e. The molecule has 8 nitrogen and oxygen atoms in total. The fourth-order valence-corrected chi connectivity index (χ4v) is 3.66. The molecule has 0 aliphatic carbocycles. The minimum atomic E-state index is -0.258. The maximum atomic E-state index is 12.5. The Morgan fingerprint density at radius 2 is 1.71 bits per heavy atom. The quantitative estimate of drug-likeness (QED) is 0.528. The van der Waals surface area contributed by atoms with E-state index in [-0.39, 0.29) is 11.7 Å². The molecule has 1 heterocycles. The Morgan fingerprint density at radius 3 is 2.35 bits per heavy atom. The van der Waals surface area contributed by atoms with Crippen molar-refractivity contribution in [3.63, 3.8) is 0 Å². The molecule has 0 unspecified atom stereocenters. The standard InChI is InChI=1S/C22H21N3O5S/c1-27-15-5-6-16(18(9-15)28-2)24-21(26)12-31-22-14(11-23)7-13-8-19(29-3)20(30-4)10-17(13)25-22/h5-10H,12H2,1-4H3,(H,24,26). The van der Waals surface area contributed by atoms with Gasteiger partial charge in [0.15, 0.2) is 11.5 Å². The van der Waals surface area contributed by atoms with Gasteiger partial charge in [-0.3, -0.25) is 4.79 Å². The number of thioether (sulfide) groups is 1. The van der Waals surface area contributed by atoms with Gasteiger partial charge in [0.1, 0.15) is 22.6 Å². The summed E-state index contributed by atoms with van der Waals surface area (Å²) in [6.07, 6.45) is 0. The van der Waals surface area contributed by atoms with Crippen molar-refractivity contribution in [2.45, 2.75) is 5.03 Å². The van der Waals surface area contributed by atoms with Crippen LogP contribution in [0.15, 0.2) is 41.4 Å². The second kappa shape index (κ2) is 9.91. The molecule has 0 radical (unpaired) electrons. The maximum absolute atomic E-state index is 12.5. The third-order valence-corrected chi connectivity index (χ3v) is 5.42. The lowest BCUT2D eigenvalue weighted by molar-refractivity contribution is -0.113. The predicted molar refractivity (Wildman–Crippen MR) is 118 cm³/mol. The molecule has 2 aromatic carbocycles. The third kappa shape index (κ3) is 4.92. The van der Waals surface area contributed by atoms with Crippen molar-refractivity contribution in [1.82, 2.24) is 4.98 Å². The number of benzene rings is 2. The zero-order valence-electron chi connectivity index (χ0n) is 17.5. The van der Waals surface area contributed by atoms with Crippen LogP contribution in [0.3, 0.4) is 0 Å². The lowest BCUT2D eigenvalue weighted by atomic mass is 10.1. The predicted octanol–water partition coefficient (Wildman–Crippen LogP) is 3.87. The summed E-state index contributed by atoms with van der Waals surface area (Å²) < 4.78 is 21.1. The Labute approximate surface area is 184 Å². The molecule has 0 aliphatic rings. The summed E-state index contributed by atoms with van der Waals surface area (Å²) in [5, 5.41) is 13.5. The van der Waals surface area contributed by atoms with Gasteiger partial charge < -0.3 is 24.3 Å². The number of aromatic nitrogens is 1. The molecule has 0 atom stereocenters. The molecule has 0 bridgehead atoms. The van der Waals surface area contributed by atoms with Crippen molar-refractivity contribution in [2.24, 2.45) is 0 Å². The average Bonchev–Trinajstić information content (AvgIpc) is 2.81. The van der Waals surface area contributed by atoms with Crippen LogP contribution in [-0.2, 0) is 4.79 Å². The molecule has 0 fully saturated rings. The number of amides is 1. The van der Waals surface area contributed by atoms with Gasteiger partial charge in [-0.2, -0.15) is 5.26 Å². The van der Waals surface area contributed by atoms with E-state index in [0.717, 1.165) is 5.39 Å². The molecule has 3 rings (SSSR count). The average molecular weight is 439 g/mol. The number of fused-ring (bicyclic) bond motifs is 1. The van der Waals surface area contributed by atoms with Crippen LogP contribution in [0.25, 0.3) is 10.9 Å². The van der Waals surface area contributed by atoms with Gasteiger partial charge in [0.2, 0.25) is 5.91 Å². The molecule has 0 spiro atoms. The molecule has 1 aromatic heterocycles. The molecule has 0 aliphatic heterocycles. The van der Waals surface area contributed by atoms with Gasteiger partial charge in [-0.15, -0.1) is 0 Å². The van der Waals surface area contributed by atoms with Crippen LogP contribution in [0, 0.1) is 11.3 Å². The molecule has 1 amide bonds. The molecule has 160 valence electrons. The van der Waals surface area contributed by atoms with Crippen molar-refractivity contribution in [3.05, 3.63) is 42.0 Å². The Kier molecular flexibility index (Phi) is 7.05. The molecule has 31 heavy (non-hydrogen) atoms. The van der Waals surface area contributed by atoms with Crippen molar-refractivity contribution >= 4 is 34.3 Å². The lowest BCUT2D eigenvalue weighted by Crippen LogP contribution is -2.15. The van der Waals surface area contributed by atoms with Crippen molar-refractivity contribution < 1.29 is 23.7 Å². The van der Waals surface area contributed by atoms with Crippen LogP contribution >= 0.6 is 11.8 Å².